The average Bonchev–Trinajstić information content (AvgIpc) is 3.15. The summed E-state index contributed by atoms with van der Waals surface area (Å²) in [5.41, 5.74) is 0.787. The molecule has 1 aromatic heterocycles. The second kappa shape index (κ2) is 6.68. The van der Waals surface area contributed by atoms with Crippen LogP contribution in [0.15, 0.2) is 10.6 Å². The molecule has 1 aliphatic rings. The topological polar surface area (TPSA) is 64.8 Å². The van der Waals surface area contributed by atoms with Gasteiger partial charge in [0.25, 0.3) is 0 Å². The summed E-state index contributed by atoms with van der Waals surface area (Å²) < 4.78 is 15.3. The molecule has 1 heterocycles. The highest BCUT2D eigenvalue weighted by Crippen LogP contribution is 2.40. The summed E-state index contributed by atoms with van der Waals surface area (Å²) in [6.45, 7) is 1.42. The first-order valence-electron chi connectivity index (χ1n) is 6.47. The lowest BCUT2D eigenvalue weighted by molar-refractivity contribution is -0.135. The lowest BCUT2D eigenvalue weighted by Gasteiger charge is -2.15. The number of aromatic nitrogens is 1. The van der Waals surface area contributed by atoms with Crippen LogP contribution in [0.3, 0.4) is 0 Å². The molecule has 0 saturated heterocycles. The second-order valence-electron chi connectivity index (χ2n) is 4.79. The molecule has 1 fully saturated rings. The summed E-state index contributed by atoms with van der Waals surface area (Å²) in [7, 11) is 3.33. The molecule has 0 N–H and O–H groups in total. The van der Waals surface area contributed by atoms with Crippen LogP contribution in [0, 0.1) is 0 Å². The van der Waals surface area contributed by atoms with Crippen molar-refractivity contribution in [3.63, 3.8) is 0 Å². The minimum atomic E-state index is -0.0768. The molecule has 0 atom stereocenters. The van der Waals surface area contributed by atoms with Crippen LogP contribution in [-0.4, -0.2) is 49.9 Å². The van der Waals surface area contributed by atoms with Gasteiger partial charge in [-0.2, -0.15) is 0 Å². The molecular formula is C13H20N2O4. The molecule has 0 aliphatic heterocycles. The maximum Gasteiger partial charge on any atom is 0.248 e. The molecule has 1 aliphatic carbocycles. The van der Waals surface area contributed by atoms with E-state index in [2.05, 4.69) is 5.16 Å². The second-order valence-corrected chi connectivity index (χ2v) is 4.79. The summed E-state index contributed by atoms with van der Waals surface area (Å²) in [6, 6.07) is 1.94. The molecule has 2 rings (SSSR count). The monoisotopic (exact) mass is 268 g/mol. The number of hydrogen-bond acceptors (Lipinski definition) is 5. The fraction of sp³-hybridized carbons (Fsp3) is 0.692. The summed E-state index contributed by atoms with van der Waals surface area (Å²) in [5.74, 6) is 1.40. The van der Waals surface area contributed by atoms with Gasteiger partial charge in [0.05, 0.1) is 19.8 Å². The maximum atomic E-state index is 11.8. The van der Waals surface area contributed by atoms with Gasteiger partial charge in [-0.3, -0.25) is 4.79 Å². The van der Waals surface area contributed by atoms with E-state index in [1.54, 1.807) is 19.1 Å². The van der Waals surface area contributed by atoms with Crippen LogP contribution in [0.4, 0.5) is 0 Å². The highest BCUT2D eigenvalue weighted by molar-refractivity contribution is 5.77. The van der Waals surface area contributed by atoms with Gasteiger partial charge >= 0.3 is 0 Å². The van der Waals surface area contributed by atoms with E-state index in [-0.39, 0.29) is 12.5 Å². The summed E-state index contributed by atoms with van der Waals surface area (Å²) in [5, 5.41) is 3.98. The SMILES string of the molecule is COCCOCC(=O)N(C)Cc1cc(C2CC2)on1. The standard InChI is InChI=1S/C13H20N2O4/c1-15(13(16)9-18-6-5-17-2)8-11-7-12(19-14-11)10-3-4-10/h7,10H,3-6,8-9H2,1-2H3. The van der Waals surface area contributed by atoms with Crippen LogP contribution in [0.25, 0.3) is 0 Å². The lowest BCUT2D eigenvalue weighted by atomic mass is 10.3. The number of methoxy groups -OCH3 is 1. The van der Waals surface area contributed by atoms with E-state index in [0.29, 0.717) is 25.7 Å². The Morgan fingerprint density at radius 1 is 1.53 bits per heavy atom. The number of rotatable bonds is 8. The largest absolute Gasteiger partial charge is 0.382 e. The first-order chi connectivity index (χ1) is 9.20. The van der Waals surface area contributed by atoms with E-state index >= 15 is 0 Å². The Bertz CT molecular complexity index is 415. The van der Waals surface area contributed by atoms with Gasteiger partial charge in [0, 0.05) is 26.1 Å². The Morgan fingerprint density at radius 2 is 2.32 bits per heavy atom. The number of carbonyl (C=O) groups excluding carboxylic acids is 1. The third-order valence-corrected chi connectivity index (χ3v) is 3.04. The van der Waals surface area contributed by atoms with Crippen molar-refractivity contribution in [1.82, 2.24) is 10.1 Å². The zero-order valence-electron chi connectivity index (χ0n) is 11.4. The molecule has 6 heteroatoms. The molecule has 0 aromatic carbocycles. The molecule has 19 heavy (non-hydrogen) atoms. The van der Waals surface area contributed by atoms with Gasteiger partial charge in [0.2, 0.25) is 5.91 Å². The molecule has 0 radical (unpaired) electrons. The third kappa shape index (κ3) is 4.33. The van der Waals surface area contributed by atoms with Gasteiger partial charge in [0.1, 0.15) is 18.1 Å². The Morgan fingerprint density at radius 3 is 3.00 bits per heavy atom. The van der Waals surface area contributed by atoms with Crippen LogP contribution in [0.2, 0.25) is 0 Å². The van der Waals surface area contributed by atoms with Gasteiger partial charge < -0.3 is 18.9 Å². The third-order valence-electron chi connectivity index (χ3n) is 3.04. The Labute approximate surface area is 112 Å². The zero-order chi connectivity index (χ0) is 13.7. The van der Waals surface area contributed by atoms with Crippen LogP contribution in [-0.2, 0) is 20.8 Å². The van der Waals surface area contributed by atoms with Crippen molar-refractivity contribution in [3.8, 4) is 0 Å². The van der Waals surface area contributed by atoms with E-state index in [1.165, 1.54) is 12.8 Å². The minimum absolute atomic E-state index is 0.0627. The van der Waals surface area contributed by atoms with Gasteiger partial charge in [0.15, 0.2) is 0 Å². The Hall–Kier alpha value is -1.40. The lowest BCUT2D eigenvalue weighted by Crippen LogP contribution is -2.30. The minimum Gasteiger partial charge on any atom is -0.382 e. The van der Waals surface area contributed by atoms with Crippen molar-refractivity contribution < 1.29 is 18.8 Å². The highest BCUT2D eigenvalue weighted by Gasteiger charge is 2.28. The number of hydrogen-bond donors (Lipinski definition) is 0. The summed E-state index contributed by atoms with van der Waals surface area (Å²) >= 11 is 0. The number of carbonyl (C=O) groups is 1. The van der Waals surface area contributed by atoms with Gasteiger partial charge in [-0.15, -0.1) is 0 Å². The predicted molar refractivity (Wildman–Crippen MR) is 67.6 cm³/mol. The molecule has 0 unspecified atom stereocenters. The number of nitrogens with zero attached hydrogens (tertiary/aromatic N) is 2. The molecule has 0 bridgehead atoms. The van der Waals surface area contributed by atoms with Crippen molar-refractivity contribution >= 4 is 5.91 Å². The molecular weight excluding hydrogens is 248 g/mol. The fourth-order valence-corrected chi connectivity index (χ4v) is 1.71. The van der Waals surface area contributed by atoms with E-state index in [9.17, 15) is 4.79 Å². The quantitative estimate of drug-likeness (QED) is 0.662. The number of amides is 1. The predicted octanol–water partition coefficient (Wildman–Crippen LogP) is 1.17. The summed E-state index contributed by atoms with van der Waals surface area (Å²) in [4.78, 5) is 13.3. The Balaban J connectivity index is 1.72. The van der Waals surface area contributed by atoms with E-state index in [1.807, 2.05) is 6.07 Å². The van der Waals surface area contributed by atoms with Crippen LogP contribution < -0.4 is 0 Å². The molecule has 1 aromatic rings. The smallest absolute Gasteiger partial charge is 0.248 e. The van der Waals surface area contributed by atoms with Crippen LogP contribution in [0.1, 0.15) is 30.2 Å². The Kier molecular flexibility index (Phi) is 4.93. The van der Waals surface area contributed by atoms with E-state index in [0.717, 1.165) is 11.5 Å². The zero-order valence-corrected chi connectivity index (χ0v) is 11.4. The van der Waals surface area contributed by atoms with Crippen molar-refractivity contribution in [2.24, 2.45) is 0 Å². The van der Waals surface area contributed by atoms with Gasteiger partial charge in [-0.05, 0) is 12.8 Å². The van der Waals surface area contributed by atoms with Gasteiger partial charge in [-0.25, -0.2) is 0 Å². The maximum absolute atomic E-state index is 11.8. The van der Waals surface area contributed by atoms with Gasteiger partial charge in [-0.1, -0.05) is 5.16 Å². The molecule has 0 spiro atoms. The highest BCUT2D eigenvalue weighted by atomic mass is 16.5. The van der Waals surface area contributed by atoms with Crippen LogP contribution >= 0.6 is 0 Å². The first-order valence-corrected chi connectivity index (χ1v) is 6.47. The van der Waals surface area contributed by atoms with Crippen molar-refractivity contribution in [2.45, 2.75) is 25.3 Å². The number of likely N-dealkylation sites (N-methyl/N-ethyl adjacent to an activating group) is 1. The number of ether oxygens (including phenoxy) is 2. The van der Waals surface area contributed by atoms with Crippen molar-refractivity contribution in [1.29, 1.82) is 0 Å². The van der Waals surface area contributed by atoms with E-state index in [4.69, 9.17) is 14.0 Å². The van der Waals surface area contributed by atoms with E-state index < -0.39 is 0 Å². The molecule has 1 amide bonds. The van der Waals surface area contributed by atoms with Crippen LogP contribution in [0.5, 0.6) is 0 Å². The summed E-state index contributed by atoms with van der Waals surface area (Å²) in [6.07, 6.45) is 2.35. The molecule has 1 saturated carbocycles. The van der Waals surface area contributed by atoms with Crippen molar-refractivity contribution in [2.75, 3.05) is 34.0 Å². The van der Waals surface area contributed by atoms with Crippen molar-refractivity contribution in [3.05, 3.63) is 17.5 Å². The fourth-order valence-electron chi connectivity index (χ4n) is 1.71. The average molecular weight is 268 g/mol. The molecule has 6 nitrogen and oxygen atoms in total. The normalized spacial score (nSPS) is 14.6. The molecule has 106 valence electrons. The first kappa shape index (κ1) is 14.0.